The molecule has 1 aliphatic heterocycles. The molecule has 8 heteroatoms. The normalized spacial score (nSPS) is 15.5. The molecule has 0 saturated carbocycles. The van der Waals surface area contributed by atoms with Crippen LogP contribution in [0.3, 0.4) is 0 Å². The topological polar surface area (TPSA) is 93.9 Å². The van der Waals surface area contributed by atoms with Crippen LogP contribution in [0.2, 0.25) is 0 Å². The smallest absolute Gasteiger partial charge is 0.410 e. The van der Waals surface area contributed by atoms with Crippen molar-refractivity contribution in [3.8, 4) is 5.75 Å². The number of para-hydroxylation sites is 1. The molecule has 1 N–H and O–H groups in total. The zero-order valence-corrected chi connectivity index (χ0v) is 15.8. The second kappa shape index (κ2) is 8.25. The Morgan fingerprint density at radius 1 is 1.35 bits per heavy atom. The third kappa shape index (κ3) is 5.24. The standard InChI is InChI=1S/C18H27N3O5/c1-5-25-15-8-6-7-14(16(15)21(23)24)19-13-9-11-20(12-10-13)17(22)26-18(2,3)4/h6-8,13,19H,5,9-12H2,1-4H3. The highest BCUT2D eigenvalue weighted by Gasteiger charge is 2.28. The number of carbonyl (C=O) groups excluding carboxylic acids is 1. The van der Waals surface area contributed by atoms with E-state index in [9.17, 15) is 14.9 Å². The lowest BCUT2D eigenvalue weighted by Crippen LogP contribution is -2.44. The number of piperidine rings is 1. The predicted octanol–water partition coefficient (Wildman–Crippen LogP) is 3.80. The van der Waals surface area contributed by atoms with E-state index in [0.717, 1.165) is 0 Å². The second-order valence-electron chi connectivity index (χ2n) is 7.23. The van der Waals surface area contributed by atoms with Gasteiger partial charge in [-0.2, -0.15) is 0 Å². The van der Waals surface area contributed by atoms with Crippen LogP contribution in [0.1, 0.15) is 40.5 Å². The molecule has 1 amide bonds. The third-order valence-electron chi connectivity index (χ3n) is 3.99. The Bertz CT molecular complexity index is 649. The van der Waals surface area contributed by atoms with E-state index in [4.69, 9.17) is 9.47 Å². The molecular weight excluding hydrogens is 338 g/mol. The molecule has 0 unspecified atom stereocenters. The van der Waals surface area contributed by atoms with Crippen molar-refractivity contribution in [2.75, 3.05) is 25.0 Å². The lowest BCUT2D eigenvalue weighted by Gasteiger charge is -2.34. The predicted molar refractivity (Wildman–Crippen MR) is 98.7 cm³/mol. The van der Waals surface area contributed by atoms with Gasteiger partial charge in [-0.15, -0.1) is 0 Å². The third-order valence-corrected chi connectivity index (χ3v) is 3.99. The summed E-state index contributed by atoms with van der Waals surface area (Å²) in [5.41, 5.74) is -0.132. The molecule has 1 heterocycles. The van der Waals surface area contributed by atoms with Gasteiger partial charge in [0.25, 0.3) is 0 Å². The van der Waals surface area contributed by atoms with Crippen molar-refractivity contribution in [1.29, 1.82) is 0 Å². The molecule has 0 spiro atoms. The summed E-state index contributed by atoms with van der Waals surface area (Å²) in [5.74, 6) is 0.258. The number of nitrogens with zero attached hydrogens (tertiary/aromatic N) is 2. The van der Waals surface area contributed by atoms with Gasteiger partial charge in [0.15, 0.2) is 5.75 Å². The highest BCUT2D eigenvalue weighted by molar-refractivity contribution is 5.69. The Morgan fingerprint density at radius 3 is 2.54 bits per heavy atom. The second-order valence-corrected chi connectivity index (χ2v) is 7.23. The Labute approximate surface area is 153 Å². The van der Waals surface area contributed by atoms with Gasteiger partial charge in [0, 0.05) is 19.1 Å². The first-order valence-electron chi connectivity index (χ1n) is 8.86. The minimum atomic E-state index is -0.521. The molecule has 8 nitrogen and oxygen atoms in total. The maximum Gasteiger partial charge on any atom is 0.410 e. The maximum atomic E-state index is 12.1. The summed E-state index contributed by atoms with van der Waals surface area (Å²) in [6.45, 7) is 8.75. The average molecular weight is 365 g/mol. The molecule has 26 heavy (non-hydrogen) atoms. The van der Waals surface area contributed by atoms with E-state index in [1.165, 1.54) is 0 Å². The van der Waals surface area contributed by atoms with Gasteiger partial charge in [0.05, 0.1) is 11.5 Å². The van der Waals surface area contributed by atoms with Crippen molar-refractivity contribution in [3.05, 3.63) is 28.3 Å². The number of nitrogens with one attached hydrogen (secondary N) is 1. The molecule has 1 aromatic carbocycles. The van der Waals surface area contributed by atoms with Crippen molar-refractivity contribution in [1.82, 2.24) is 4.90 Å². The fourth-order valence-corrected chi connectivity index (χ4v) is 2.85. The van der Waals surface area contributed by atoms with Crippen molar-refractivity contribution in [3.63, 3.8) is 0 Å². The van der Waals surface area contributed by atoms with Crippen LogP contribution >= 0.6 is 0 Å². The molecular formula is C18H27N3O5. The number of ether oxygens (including phenoxy) is 2. The first-order chi connectivity index (χ1) is 12.2. The molecule has 1 aromatic rings. The van der Waals surface area contributed by atoms with E-state index in [0.29, 0.717) is 38.2 Å². The summed E-state index contributed by atoms with van der Waals surface area (Å²) < 4.78 is 10.8. The van der Waals surface area contributed by atoms with Crippen molar-refractivity contribution < 1.29 is 19.2 Å². The molecule has 144 valence electrons. The van der Waals surface area contributed by atoms with Crippen LogP contribution in [0.5, 0.6) is 5.75 Å². The molecule has 0 radical (unpaired) electrons. The van der Waals surface area contributed by atoms with Crippen molar-refractivity contribution >= 4 is 17.5 Å². The van der Waals surface area contributed by atoms with Crippen LogP contribution in [-0.2, 0) is 4.74 Å². The van der Waals surface area contributed by atoms with E-state index in [1.54, 1.807) is 30.0 Å². The van der Waals surface area contributed by atoms with Crippen LogP contribution in [0.4, 0.5) is 16.2 Å². The van der Waals surface area contributed by atoms with Crippen LogP contribution in [0.25, 0.3) is 0 Å². The average Bonchev–Trinajstić information content (AvgIpc) is 2.54. The largest absolute Gasteiger partial charge is 0.487 e. The van der Waals surface area contributed by atoms with Gasteiger partial charge in [0.2, 0.25) is 0 Å². The lowest BCUT2D eigenvalue weighted by molar-refractivity contribution is -0.385. The summed E-state index contributed by atoms with van der Waals surface area (Å²) in [5, 5.41) is 14.7. The lowest BCUT2D eigenvalue weighted by atomic mass is 10.0. The van der Waals surface area contributed by atoms with E-state index < -0.39 is 10.5 Å². The zero-order valence-electron chi connectivity index (χ0n) is 15.8. The molecule has 0 atom stereocenters. The number of rotatable bonds is 5. The van der Waals surface area contributed by atoms with Crippen LogP contribution in [-0.4, -0.2) is 47.3 Å². The van der Waals surface area contributed by atoms with Crippen molar-refractivity contribution in [2.24, 2.45) is 0 Å². The van der Waals surface area contributed by atoms with Gasteiger partial charge in [-0.05, 0) is 52.7 Å². The van der Waals surface area contributed by atoms with E-state index >= 15 is 0 Å². The summed E-state index contributed by atoms with van der Waals surface area (Å²) in [6.07, 6.45) is 1.06. The Hall–Kier alpha value is -2.51. The number of amides is 1. The van der Waals surface area contributed by atoms with E-state index in [2.05, 4.69) is 5.32 Å². The first kappa shape index (κ1) is 19.8. The van der Waals surface area contributed by atoms with E-state index in [1.807, 2.05) is 20.8 Å². The first-order valence-corrected chi connectivity index (χ1v) is 8.86. The molecule has 0 aliphatic carbocycles. The van der Waals surface area contributed by atoms with Gasteiger partial charge in [-0.25, -0.2) is 4.79 Å². The number of hydrogen-bond donors (Lipinski definition) is 1. The van der Waals surface area contributed by atoms with Gasteiger partial charge in [-0.3, -0.25) is 10.1 Å². The van der Waals surface area contributed by atoms with Gasteiger partial charge in [0.1, 0.15) is 11.3 Å². The molecule has 0 bridgehead atoms. The maximum absolute atomic E-state index is 12.1. The summed E-state index contributed by atoms with van der Waals surface area (Å²) >= 11 is 0. The highest BCUT2D eigenvalue weighted by Crippen LogP contribution is 2.35. The fraction of sp³-hybridized carbons (Fsp3) is 0.611. The molecule has 0 aromatic heterocycles. The summed E-state index contributed by atoms with van der Waals surface area (Å²) in [4.78, 5) is 24.8. The summed E-state index contributed by atoms with van der Waals surface area (Å²) in [7, 11) is 0. The number of anilines is 1. The minimum absolute atomic E-state index is 0.0456. The summed E-state index contributed by atoms with van der Waals surface area (Å²) in [6, 6.07) is 5.05. The number of nitro groups is 1. The SMILES string of the molecule is CCOc1cccc(NC2CCN(C(=O)OC(C)(C)C)CC2)c1[N+](=O)[O-]. The number of hydrogen-bond acceptors (Lipinski definition) is 6. The Morgan fingerprint density at radius 2 is 2.00 bits per heavy atom. The molecule has 1 saturated heterocycles. The Kier molecular flexibility index (Phi) is 6.28. The minimum Gasteiger partial charge on any atom is -0.487 e. The number of nitro benzene ring substituents is 1. The Balaban J connectivity index is 2.00. The molecule has 1 fully saturated rings. The fourth-order valence-electron chi connectivity index (χ4n) is 2.85. The van der Waals surface area contributed by atoms with Gasteiger partial charge in [-0.1, -0.05) is 6.07 Å². The van der Waals surface area contributed by atoms with Crippen molar-refractivity contribution in [2.45, 2.75) is 52.2 Å². The van der Waals surface area contributed by atoms with Gasteiger partial charge < -0.3 is 19.7 Å². The van der Waals surface area contributed by atoms with E-state index in [-0.39, 0.29) is 23.6 Å². The van der Waals surface area contributed by atoms with Crippen LogP contribution in [0.15, 0.2) is 18.2 Å². The quantitative estimate of drug-likeness (QED) is 0.630. The number of benzene rings is 1. The molecule has 2 rings (SSSR count). The van der Waals surface area contributed by atoms with Gasteiger partial charge >= 0.3 is 11.8 Å². The monoisotopic (exact) mass is 365 g/mol. The number of carbonyl (C=O) groups is 1. The number of likely N-dealkylation sites (tertiary alicyclic amines) is 1. The highest BCUT2D eigenvalue weighted by atomic mass is 16.6. The van der Waals surface area contributed by atoms with Crippen LogP contribution < -0.4 is 10.1 Å². The van der Waals surface area contributed by atoms with Crippen LogP contribution in [0, 0.1) is 10.1 Å². The zero-order chi connectivity index (χ0) is 19.3. The molecule has 1 aliphatic rings.